The molecule has 2 aliphatic carbocycles. The smallest absolute Gasteiger partial charge is 0.271 e. The molecule has 0 radical (unpaired) electrons. The minimum absolute atomic E-state index is 0.0116. The summed E-state index contributed by atoms with van der Waals surface area (Å²) in [6.07, 6.45) is 0.0232. The van der Waals surface area contributed by atoms with Crippen molar-refractivity contribution in [3.63, 3.8) is 0 Å². The van der Waals surface area contributed by atoms with Crippen molar-refractivity contribution in [3.8, 4) is 0 Å². The Labute approximate surface area is 131 Å². The molecule has 0 spiro atoms. The van der Waals surface area contributed by atoms with Crippen LogP contribution in [0, 0.1) is 17.3 Å². The first-order valence-corrected chi connectivity index (χ1v) is 9.11. The molecule has 0 aromatic carbocycles. The first kappa shape index (κ1) is 16.0. The molecule has 22 heavy (non-hydrogen) atoms. The van der Waals surface area contributed by atoms with E-state index in [1.54, 1.807) is 6.92 Å². The quantitative estimate of drug-likeness (QED) is 0.459. The van der Waals surface area contributed by atoms with Gasteiger partial charge in [0, 0.05) is 18.0 Å². The number of amides is 1. The van der Waals surface area contributed by atoms with E-state index in [0.717, 1.165) is 0 Å². The van der Waals surface area contributed by atoms with E-state index in [2.05, 4.69) is 25.7 Å². The van der Waals surface area contributed by atoms with Crippen LogP contribution >= 0.6 is 0 Å². The van der Waals surface area contributed by atoms with Crippen LogP contribution in [0.5, 0.6) is 0 Å². The van der Waals surface area contributed by atoms with Crippen molar-refractivity contribution < 1.29 is 22.1 Å². The predicted molar refractivity (Wildman–Crippen MR) is 80.5 cm³/mol. The van der Waals surface area contributed by atoms with Crippen LogP contribution in [0.1, 0.15) is 27.2 Å². The molecule has 1 saturated heterocycles. The van der Waals surface area contributed by atoms with Crippen molar-refractivity contribution in [2.45, 2.75) is 44.6 Å². The van der Waals surface area contributed by atoms with Crippen LogP contribution in [-0.4, -0.2) is 44.9 Å². The van der Waals surface area contributed by atoms with Crippen LogP contribution in [0.15, 0.2) is 12.2 Å². The van der Waals surface area contributed by atoms with Gasteiger partial charge in [0.25, 0.3) is 10.1 Å². The molecule has 3 fully saturated rings. The summed E-state index contributed by atoms with van der Waals surface area (Å²) in [7, 11) is -3.45. The molecule has 1 amide bonds. The van der Waals surface area contributed by atoms with Gasteiger partial charge in [0.15, 0.2) is 0 Å². The van der Waals surface area contributed by atoms with Gasteiger partial charge in [-0.3, -0.25) is 8.98 Å². The zero-order valence-corrected chi connectivity index (χ0v) is 14.0. The Morgan fingerprint density at radius 3 is 2.77 bits per heavy atom. The summed E-state index contributed by atoms with van der Waals surface area (Å²) >= 11 is 0. The zero-order valence-electron chi connectivity index (χ0n) is 13.2. The fraction of sp³-hybridized carbons (Fsp3) is 0.800. The van der Waals surface area contributed by atoms with E-state index in [4.69, 9.17) is 8.92 Å². The van der Waals surface area contributed by atoms with Crippen LogP contribution in [0.2, 0.25) is 0 Å². The van der Waals surface area contributed by atoms with Gasteiger partial charge in [-0.15, -0.1) is 0 Å². The van der Waals surface area contributed by atoms with Gasteiger partial charge < -0.3 is 10.1 Å². The molecule has 7 heteroatoms. The summed E-state index contributed by atoms with van der Waals surface area (Å²) in [5.41, 5.74) is 0.360. The maximum Gasteiger partial charge on any atom is 0.271 e. The zero-order chi connectivity index (χ0) is 16.3. The third-order valence-electron chi connectivity index (χ3n) is 5.48. The lowest BCUT2D eigenvalue weighted by Gasteiger charge is -2.26. The van der Waals surface area contributed by atoms with Gasteiger partial charge in [0.05, 0.1) is 18.0 Å². The number of hydrogen-bond acceptors (Lipinski definition) is 5. The maximum absolute atomic E-state index is 12.1. The third kappa shape index (κ3) is 2.21. The SMILES string of the molecule is C=C(C)C(=O)NCCOC1C2OS(=O)(=O)C3CC1C(C)(C)C23. The molecular weight excluding hydrogens is 306 g/mol. The average molecular weight is 329 g/mol. The number of carbonyl (C=O) groups is 1. The van der Waals surface area contributed by atoms with E-state index in [0.29, 0.717) is 25.1 Å². The van der Waals surface area contributed by atoms with Crippen molar-refractivity contribution in [2.75, 3.05) is 13.2 Å². The molecular formula is C15H23NO5S. The predicted octanol–water partition coefficient (Wildman–Crippen LogP) is 0.837. The highest BCUT2D eigenvalue weighted by molar-refractivity contribution is 7.87. The van der Waals surface area contributed by atoms with Gasteiger partial charge >= 0.3 is 0 Å². The summed E-state index contributed by atoms with van der Waals surface area (Å²) in [6.45, 7) is 10.1. The minimum Gasteiger partial charge on any atom is -0.373 e. The highest BCUT2D eigenvalue weighted by Crippen LogP contribution is 2.64. The Hall–Kier alpha value is -0.920. The number of hydrogen-bond donors (Lipinski definition) is 1. The lowest BCUT2D eigenvalue weighted by atomic mass is 9.81. The Kier molecular flexibility index (Phi) is 3.66. The summed E-state index contributed by atoms with van der Waals surface area (Å²) in [5, 5.41) is 2.33. The second-order valence-electron chi connectivity index (χ2n) is 7.15. The molecule has 0 aromatic rings. The Bertz CT molecular complexity index is 611. The van der Waals surface area contributed by atoms with E-state index in [1.165, 1.54) is 0 Å². The highest BCUT2D eigenvalue weighted by Gasteiger charge is 2.72. The molecule has 2 saturated carbocycles. The van der Waals surface area contributed by atoms with Gasteiger partial charge in [-0.2, -0.15) is 8.42 Å². The molecule has 1 N–H and O–H groups in total. The van der Waals surface area contributed by atoms with Gasteiger partial charge in [-0.25, -0.2) is 0 Å². The van der Waals surface area contributed by atoms with Crippen molar-refractivity contribution in [2.24, 2.45) is 17.3 Å². The lowest BCUT2D eigenvalue weighted by Crippen LogP contribution is -2.37. The Morgan fingerprint density at radius 1 is 1.45 bits per heavy atom. The molecule has 0 aromatic heterocycles. The fourth-order valence-electron chi connectivity index (χ4n) is 4.41. The van der Waals surface area contributed by atoms with Gasteiger partial charge in [0.1, 0.15) is 6.10 Å². The Morgan fingerprint density at radius 2 is 2.14 bits per heavy atom. The first-order chi connectivity index (χ1) is 10.2. The second kappa shape index (κ2) is 5.04. The van der Waals surface area contributed by atoms with Crippen LogP contribution in [0.4, 0.5) is 0 Å². The van der Waals surface area contributed by atoms with Crippen molar-refractivity contribution in [1.29, 1.82) is 0 Å². The first-order valence-electron chi connectivity index (χ1n) is 7.63. The van der Waals surface area contributed by atoms with Crippen LogP contribution in [-0.2, 0) is 23.8 Å². The monoisotopic (exact) mass is 329 g/mol. The summed E-state index contributed by atoms with van der Waals surface area (Å²) in [6, 6.07) is 0. The van der Waals surface area contributed by atoms with E-state index < -0.39 is 10.1 Å². The van der Waals surface area contributed by atoms with Crippen molar-refractivity contribution in [3.05, 3.63) is 12.2 Å². The van der Waals surface area contributed by atoms with Gasteiger partial charge in [-0.05, 0) is 24.7 Å². The van der Waals surface area contributed by atoms with Crippen LogP contribution in [0.3, 0.4) is 0 Å². The van der Waals surface area contributed by atoms with Crippen molar-refractivity contribution >= 4 is 16.0 Å². The third-order valence-corrected chi connectivity index (χ3v) is 7.20. The van der Waals surface area contributed by atoms with E-state index >= 15 is 0 Å². The van der Waals surface area contributed by atoms with E-state index in [1.807, 2.05) is 0 Å². The molecule has 3 rings (SSSR count). The second-order valence-corrected chi connectivity index (χ2v) is 8.94. The van der Waals surface area contributed by atoms with E-state index in [9.17, 15) is 13.2 Å². The largest absolute Gasteiger partial charge is 0.373 e. The number of nitrogens with one attached hydrogen (secondary N) is 1. The normalized spacial score (nSPS) is 39.9. The molecule has 5 unspecified atom stereocenters. The Balaban J connectivity index is 1.62. The average Bonchev–Trinajstić information content (AvgIpc) is 2.87. The maximum atomic E-state index is 12.1. The van der Waals surface area contributed by atoms with Gasteiger partial charge in [-0.1, -0.05) is 20.4 Å². The van der Waals surface area contributed by atoms with Crippen molar-refractivity contribution in [1.82, 2.24) is 5.32 Å². The molecule has 1 heterocycles. The lowest BCUT2D eigenvalue weighted by molar-refractivity contribution is -0.118. The van der Waals surface area contributed by atoms with Gasteiger partial charge in [0.2, 0.25) is 5.91 Å². The standard InChI is InChI=1S/C15H23NO5S/c1-8(2)14(17)16-5-6-20-12-9-7-10-11(15(9,3)4)13(12)21-22(10,18)19/h9-13H,1,5-7H2,2-4H3,(H,16,17). The highest BCUT2D eigenvalue weighted by atomic mass is 32.2. The summed E-state index contributed by atoms with van der Waals surface area (Å²) in [5.74, 6) is -0.00393. The number of ether oxygens (including phenoxy) is 1. The minimum atomic E-state index is -3.45. The molecule has 3 aliphatic rings. The van der Waals surface area contributed by atoms with Crippen LogP contribution in [0.25, 0.3) is 0 Å². The molecule has 2 bridgehead atoms. The van der Waals surface area contributed by atoms with E-state index in [-0.39, 0.29) is 40.6 Å². The number of carbonyl (C=O) groups excluding carboxylic acids is 1. The molecule has 5 atom stereocenters. The number of rotatable bonds is 5. The molecule has 1 aliphatic heterocycles. The number of fused-ring (bicyclic) bond motifs is 1. The summed E-state index contributed by atoms with van der Waals surface area (Å²) in [4.78, 5) is 11.4. The molecule has 124 valence electrons. The molecule has 6 nitrogen and oxygen atoms in total. The summed E-state index contributed by atoms with van der Waals surface area (Å²) < 4.78 is 35.4. The van der Waals surface area contributed by atoms with Crippen LogP contribution < -0.4 is 5.32 Å². The topological polar surface area (TPSA) is 81.7 Å². The fourth-order valence-corrected chi connectivity index (χ4v) is 6.40.